The number of amides is 1. The van der Waals surface area contributed by atoms with Gasteiger partial charge in [-0.1, -0.05) is 0 Å². The van der Waals surface area contributed by atoms with Crippen LogP contribution in [0.3, 0.4) is 0 Å². The van der Waals surface area contributed by atoms with E-state index < -0.39 is 0 Å². The smallest absolute Gasteiger partial charge is 0.270 e. The van der Waals surface area contributed by atoms with Gasteiger partial charge in [-0.2, -0.15) is 0 Å². The summed E-state index contributed by atoms with van der Waals surface area (Å²) in [5, 5.41) is 0. The van der Waals surface area contributed by atoms with Crippen molar-refractivity contribution >= 4 is 23.8 Å². The molecule has 1 fully saturated rings. The van der Waals surface area contributed by atoms with E-state index in [2.05, 4.69) is 19.9 Å². The number of anilines is 1. The van der Waals surface area contributed by atoms with Gasteiger partial charge in [0.25, 0.3) is 5.91 Å². The van der Waals surface area contributed by atoms with Crippen LogP contribution < -0.4 is 9.64 Å². The first-order valence-electron chi connectivity index (χ1n) is 7.41. The summed E-state index contributed by atoms with van der Waals surface area (Å²) in [6.07, 6.45) is 4.79. The molecule has 0 unspecified atom stereocenters. The Balaban J connectivity index is 1.65. The lowest BCUT2D eigenvalue weighted by molar-refractivity contribution is 0.0646. The van der Waals surface area contributed by atoms with Crippen LogP contribution in [0.2, 0.25) is 0 Å². The lowest BCUT2D eigenvalue weighted by Gasteiger charge is -2.30. The number of aromatic amines is 1. The van der Waals surface area contributed by atoms with Gasteiger partial charge < -0.3 is 19.5 Å². The number of nitrogens with zero attached hydrogens (tertiary/aromatic N) is 4. The molecule has 0 aromatic carbocycles. The molecule has 1 amide bonds. The Morgan fingerprint density at radius 3 is 2.95 bits per heavy atom. The maximum Gasteiger partial charge on any atom is 0.270 e. The quantitative estimate of drug-likeness (QED) is 0.887. The van der Waals surface area contributed by atoms with E-state index in [4.69, 9.17) is 4.74 Å². The Bertz CT molecular complexity index is 712. The van der Waals surface area contributed by atoms with Gasteiger partial charge in [0.2, 0.25) is 0 Å². The molecular formula is C15H17N5O2. The second kappa shape index (κ2) is 5.01. The van der Waals surface area contributed by atoms with Crippen LogP contribution in [0.1, 0.15) is 16.9 Å². The number of H-pyrrole nitrogens is 1. The summed E-state index contributed by atoms with van der Waals surface area (Å²) in [6.45, 7) is 2.95. The molecule has 4 rings (SSSR count). The predicted molar refractivity (Wildman–Crippen MR) is 84.1 cm³/mol. The van der Waals surface area contributed by atoms with E-state index in [1.54, 1.807) is 19.3 Å². The second-order valence-corrected chi connectivity index (χ2v) is 5.45. The minimum atomic E-state index is 0.0362. The van der Waals surface area contributed by atoms with E-state index in [1.165, 1.54) is 0 Å². The number of amidine groups is 1. The van der Waals surface area contributed by atoms with Crippen LogP contribution in [0.15, 0.2) is 27.8 Å². The van der Waals surface area contributed by atoms with Gasteiger partial charge >= 0.3 is 0 Å². The molecule has 1 aromatic rings. The van der Waals surface area contributed by atoms with Gasteiger partial charge in [0.1, 0.15) is 18.1 Å². The Labute approximate surface area is 128 Å². The zero-order valence-corrected chi connectivity index (χ0v) is 12.4. The molecule has 0 atom stereocenters. The minimum Gasteiger partial charge on any atom is -0.488 e. The number of rotatable bonds is 2. The van der Waals surface area contributed by atoms with E-state index in [9.17, 15) is 4.79 Å². The zero-order valence-electron chi connectivity index (χ0n) is 12.4. The lowest BCUT2D eigenvalue weighted by Crippen LogP contribution is -2.42. The fourth-order valence-electron chi connectivity index (χ4n) is 2.77. The second-order valence-electron chi connectivity index (χ2n) is 5.45. The first-order valence-corrected chi connectivity index (χ1v) is 7.41. The van der Waals surface area contributed by atoms with Crippen molar-refractivity contribution in [3.63, 3.8) is 0 Å². The molecule has 1 aromatic heterocycles. The predicted octanol–water partition coefficient (Wildman–Crippen LogP) is 1.06. The number of nitrogens with one attached hydrogen (secondary N) is 1. The standard InChI is InChI=1S/C15H17N5O2/c1-16-13-7-10(9-17-13)20-5-6-22-12-8-11(18-14(12)20)15(21)19-3-2-4-19/h7-9,18H,2-6H2,1H3/b16-13-. The van der Waals surface area contributed by atoms with Crippen LogP contribution in [-0.4, -0.2) is 61.1 Å². The van der Waals surface area contributed by atoms with E-state index in [0.29, 0.717) is 30.4 Å². The molecule has 7 heteroatoms. The molecule has 4 heterocycles. The number of aromatic nitrogens is 1. The Kier molecular flexibility index (Phi) is 2.99. The number of ether oxygens (including phenoxy) is 1. The average molecular weight is 299 g/mol. The molecule has 1 N–H and O–H groups in total. The van der Waals surface area contributed by atoms with Crippen LogP contribution in [-0.2, 0) is 0 Å². The SMILES string of the molecule is C/N=C1/C=C(N2CCOc3cc(C(=O)N4CCC4)[nH]c32)C=N1. The van der Waals surface area contributed by atoms with E-state index >= 15 is 0 Å². The largest absolute Gasteiger partial charge is 0.488 e. The highest BCUT2D eigenvalue weighted by molar-refractivity contribution is 6.11. The number of hydrogen-bond acceptors (Lipinski definition) is 4. The topological polar surface area (TPSA) is 73.3 Å². The van der Waals surface area contributed by atoms with Crippen molar-refractivity contribution in [1.82, 2.24) is 9.88 Å². The maximum absolute atomic E-state index is 12.3. The van der Waals surface area contributed by atoms with Gasteiger partial charge in [0.05, 0.1) is 18.5 Å². The molecule has 0 bridgehead atoms. The summed E-state index contributed by atoms with van der Waals surface area (Å²) < 4.78 is 5.68. The van der Waals surface area contributed by atoms with Gasteiger partial charge in [-0.25, -0.2) is 4.99 Å². The Morgan fingerprint density at radius 2 is 2.27 bits per heavy atom. The van der Waals surface area contributed by atoms with Gasteiger partial charge in [-0.15, -0.1) is 0 Å². The summed E-state index contributed by atoms with van der Waals surface area (Å²) in [4.78, 5) is 27.8. The summed E-state index contributed by atoms with van der Waals surface area (Å²) in [5.41, 5.74) is 1.53. The number of aliphatic imine (C=N–C) groups is 2. The molecule has 0 spiro atoms. The molecule has 3 aliphatic heterocycles. The van der Waals surface area contributed by atoms with Crippen molar-refractivity contribution < 1.29 is 9.53 Å². The average Bonchev–Trinajstić information content (AvgIpc) is 3.11. The van der Waals surface area contributed by atoms with Gasteiger partial charge in [-0.3, -0.25) is 9.79 Å². The zero-order chi connectivity index (χ0) is 15.1. The fraction of sp³-hybridized carbons (Fsp3) is 0.400. The highest BCUT2D eigenvalue weighted by atomic mass is 16.5. The van der Waals surface area contributed by atoms with Crippen molar-refractivity contribution in [2.24, 2.45) is 9.98 Å². The lowest BCUT2D eigenvalue weighted by atomic mass is 10.2. The molecule has 114 valence electrons. The number of likely N-dealkylation sites (tertiary alicyclic amines) is 1. The van der Waals surface area contributed by atoms with E-state index in [1.807, 2.05) is 11.0 Å². The summed E-state index contributed by atoms with van der Waals surface area (Å²) in [5.74, 6) is 2.26. The van der Waals surface area contributed by atoms with Gasteiger partial charge in [0, 0.05) is 32.3 Å². The molecule has 7 nitrogen and oxygen atoms in total. The van der Waals surface area contributed by atoms with Gasteiger partial charge in [0.15, 0.2) is 11.6 Å². The highest BCUT2D eigenvalue weighted by Crippen LogP contribution is 2.35. The van der Waals surface area contributed by atoms with E-state index in [-0.39, 0.29) is 5.91 Å². The summed E-state index contributed by atoms with van der Waals surface area (Å²) >= 11 is 0. The third-order valence-electron chi connectivity index (χ3n) is 4.12. The molecule has 0 radical (unpaired) electrons. The van der Waals surface area contributed by atoms with Crippen LogP contribution in [0.4, 0.5) is 5.82 Å². The molecular weight excluding hydrogens is 282 g/mol. The third kappa shape index (κ3) is 2.01. The number of carbonyl (C=O) groups is 1. The normalized spacial score (nSPS) is 21.5. The first-order chi connectivity index (χ1) is 10.8. The number of hydrogen-bond donors (Lipinski definition) is 1. The maximum atomic E-state index is 12.3. The summed E-state index contributed by atoms with van der Waals surface area (Å²) in [6, 6.07) is 1.80. The van der Waals surface area contributed by atoms with Crippen molar-refractivity contribution in [2.45, 2.75) is 6.42 Å². The number of carbonyl (C=O) groups excluding carboxylic acids is 1. The third-order valence-corrected chi connectivity index (χ3v) is 4.12. The van der Waals surface area contributed by atoms with Crippen molar-refractivity contribution in [2.75, 3.05) is 38.2 Å². The van der Waals surface area contributed by atoms with Crippen molar-refractivity contribution in [3.05, 3.63) is 23.5 Å². The van der Waals surface area contributed by atoms with Crippen molar-refractivity contribution in [3.8, 4) is 5.75 Å². The molecule has 3 aliphatic rings. The van der Waals surface area contributed by atoms with Crippen LogP contribution in [0.5, 0.6) is 5.75 Å². The molecule has 22 heavy (non-hydrogen) atoms. The van der Waals surface area contributed by atoms with Crippen LogP contribution in [0.25, 0.3) is 0 Å². The van der Waals surface area contributed by atoms with E-state index in [0.717, 1.165) is 31.0 Å². The van der Waals surface area contributed by atoms with Crippen LogP contribution in [0, 0.1) is 0 Å². The van der Waals surface area contributed by atoms with Crippen molar-refractivity contribution in [1.29, 1.82) is 0 Å². The van der Waals surface area contributed by atoms with Gasteiger partial charge in [-0.05, 0) is 6.42 Å². The first kappa shape index (κ1) is 13.1. The number of allylic oxidation sites excluding steroid dienone is 1. The minimum absolute atomic E-state index is 0.0362. The molecule has 0 saturated carbocycles. The number of fused-ring (bicyclic) bond motifs is 1. The van der Waals surface area contributed by atoms with Crippen LogP contribution >= 0.6 is 0 Å². The monoisotopic (exact) mass is 299 g/mol. The molecule has 1 saturated heterocycles. The molecule has 0 aliphatic carbocycles. The fourth-order valence-corrected chi connectivity index (χ4v) is 2.77. The summed E-state index contributed by atoms with van der Waals surface area (Å²) in [7, 11) is 1.72. The highest BCUT2D eigenvalue weighted by Gasteiger charge is 2.29. The Hall–Kier alpha value is -2.57. The Morgan fingerprint density at radius 1 is 1.41 bits per heavy atom.